The Morgan fingerprint density at radius 2 is 1.70 bits per heavy atom. The van der Waals surface area contributed by atoms with E-state index in [2.05, 4.69) is 5.18 Å². The lowest BCUT2D eigenvalue weighted by atomic mass is 9.90. The molecule has 0 saturated carbocycles. The van der Waals surface area contributed by atoms with E-state index < -0.39 is 37.1 Å². The summed E-state index contributed by atoms with van der Waals surface area (Å²) in [5.41, 5.74) is 2.57. The number of hydrogen-bond donors (Lipinski definition) is 4. The summed E-state index contributed by atoms with van der Waals surface area (Å²) < 4.78 is 5.59. The fourth-order valence-electron chi connectivity index (χ4n) is 3.18. The van der Waals surface area contributed by atoms with Crippen molar-refractivity contribution in [3.8, 4) is 0 Å². The summed E-state index contributed by atoms with van der Waals surface area (Å²) in [5.74, 6) is 0. The monoisotopic (exact) mass is 393 g/mol. The van der Waals surface area contributed by atoms with Crippen molar-refractivity contribution < 1.29 is 25.2 Å². The zero-order valence-electron chi connectivity index (χ0n) is 14.3. The van der Waals surface area contributed by atoms with Gasteiger partial charge in [-0.25, -0.2) is 0 Å². The van der Waals surface area contributed by atoms with E-state index in [1.807, 2.05) is 0 Å². The molecule has 8 heteroatoms. The molecule has 2 aromatic carbocycles. The molecule has 0 aliphatic carbocycles. The Kier molecular flexibility index (Phi) is 6.21. The van der Waals surface area contributed by atoms with Crippen molar-refractivity contribution in [2.45, 2.75) is 36.9 Å². The van der Waals surface area contributed by atoms with Gasteiger partial charge < -0.3 is 25.2 Å². The standard InChI is InChI=1S/C19H20ClNO6/c20-14-6-3-11(19-18(25)17(24)16(23)15(9-22)27-19)8-12(14)7-10-1-4-13(21-26)5-2-10/h1-6,8,15-19,22-25H,7,9H2/t15-,16-,17+,18-,19+/m1/s1. The van der Waals surface area contributed by atoms with E-state index in [-0.39, 0.29) is 0 Å². The minimum Gasteiger partial charge on any atom is -0.394 e. The molecule has 0 amide bonds. The molecule has 27 heavy (non-hydrogen) atoms. The Balaban J connectivity index is 1.86. The molecule has 1 fully saturated rings. The van der Waals surface area contributed by atoms with E-state index in [1.165, 1.54) is 0 Å². The Bertz CT molecular complexity index is 797. The lowest BCUT2D eigenvalue weighted by molar-refractivity contribution is -0.231. The van der Waals surface area contributed by atoms with Crippen LogP contribution in [0.4, 0.5) is 5.69 Å². The van der Waals surface area contributed by atoms with Gasteiger partial charge in [0.15, 0.2) is 0 Å². The highest BCUT2D eigenvalue weighted by molar-refractivity contribution is 6.31. The van der Waals surface area contributed by atoms with Gasteiger partial charge in [0.2, 0.25) is 0 Å². The number of nitroso groups, excluding NO2 is 1. The van der Waals surface area contributed by atoms with Crippen LogP contribution in [0.25, 0.3) is 0 Å². The first-order valence-electron chi connectivity index (χ1n) is 8.45. The zero-order valence-corrected chi connectivity index (χ0v) is 15.0. The van der Waals surface area contributed by atoms with Gasteiger partial charge in [0.25, 0.3) is 0 Å². The third-order valence-corrected chi connectivity index (χ3v) is 5.10. The molecule has 7 nitrogen and oxygen atoms in total. The first kappa shape index (κ1) is 19.9. The molecule has 0 aromatic heterocycles. The van der Waals surface area contributed by atoms with Crippen molar-refractivity contribution >= 4 is 17.3 Å². The van der Waals surface area contributed by atoms with E-state index in [4.69, 9.17) is 16.3 Å². The summed E-state index contributed by atoms with van der Waals surface area (Å²) in [4.78, 5) is 10.5. The summed E-state index contributed by atoms with van der Waals surface area (Å²) in [6.07, 6.45) is -5.62. The van der Waals surface area contributed by atoms with Crippen molar-refractivity contribution in [2.24, 2.45) is 5.18 Å². The normalized spacial score (nSPS) is 28.1. The average molecular weight is 394 g/mol. The molecule has 5 atom stereocenters. The van der Waals surface area contributed by atoms with Crippen LogP contribution in [0.15, 0.2) is 47.6 Å². The van der Waals surface area contributed by atoms with Crippen LogP contribution < -0.4 is 0 Å². The average Bonchev–Trinajstić information content (AvgIpc) is 2.69. The molecule has 1 aliphatic heterocycles. The summed E-state index contributed by atoms with van der Waals surface area (Å²) in [5, 5.41) is 42.9. The Morgan fingerprint density at radius 3 is 2.33 bits per heavy atom. The largest absolute Gasteiger partial charge is 0.394 e. The predicted molar refractivity (Wildman–Crippen MR) is 98.9 cm³/mol. The van der Waals surface area contributed by atoms with Crippen LogP contribution in [-0.2, 0) is 11.2 Å². The molecule has 0 bridgehead atoms. The van der Waals surface area contributed by atoms with Crippen LogP contribution in [0, 0.1) is 4.91 Å². The van der Waals surface area contributed by atoms with Crippen LogP contribution in [-0.4, -0.2) is 51.4 Å². The van der Waals surface area contributed by atoms with Crippen molar-refractivity contribution in [2.75, 3.05) is 6.61 Å². The molecule has 4 N–H and O–H groups in total. The minimum absolute atomic E-state index is 0.333. The molecular weight excluding hydrogens is 374 g/mol. The van der Waals surface area contributed by atoms with Gasteiger partial charge >= 0.3 is 0 Å². The highest BCUT2D eigenvalue weighted by Gasteiger charge is 2.43. The number of benzene rings is 2. The number of rotatable bonds is 5. The number of aliphatic hydroxyl groups is 4. The molecule has 144 valence electrons. The van der Waals surface area contributed by atoms with E-state index >= 15 is 0 Å². The molecule has 3 rings (SSSR count). The molecule has 0 unspecified atom stereocenters. The minimum atomic E-state index is -1.44. The molecule has 0 radical (unpaired) electrons. The molecule has 2 aromatic rings. The number of hydrogen-bond acceptors (Lipinski definition) is 7. The molecule has 1 aliphatic rings. The SMILES string of the molecule is O=Nc1ccc(Cc2cc([C@@H]3O[C@H](CO)[C@@H](O)[C@H](O)[C@H]3O)ccc2Cl)cc1. The maximum Gasteiger partial charge on any atom is 0.113 e. The number of ether oxygens (including phenoxy) is 1. The second kappa shape index (κ2) is 8.43. The Hall–Kier alpha value is -1.87. The maximum absolute atomic E-state index is 10.5. The van der Waals surface area contributed by atoms with Crippen LogP contribution in [0.5, 0.6) is 0 Å². The van der Waals surface area contributed by atoms with Gasteiger partial charge in [-0.1, -0.05) is 35.9 Å². The van der Waals surface area contributed by atoms with Gasteiger partial charge in [-0.05, 0) is 46.5 Å². The lowest BCUT2D eigenvalue weighted by Crippen LogP contribution is -2.55. The molecule has 0 spiro atoms. The van der Waals surface area contributed by atoms with Crippen LogP contribution in [0.2, 0.25) is 5.02 Å². The van der Waals surface area contributed by atoms with E-state index in [1.54, 1.807) is 42.5 Å². The number of aliphatic hydroxyl groups excluding tert-OH is 4. The molecule has 1 heterocycles. The van der Waals surface area contributed by atoms with Gasteiger partial charge in [0.1, 0.15) is 36.2 Å². The third-order valence-electron chi connectivity index (χ3n) is 4.73. The summed E-state index contributed by atoms with van der Waals surface area (Å²) in [6, 6.07) is 11.8. The number of nitrogens with zero attached hydrogens (tertiary/aromatic N) is 1. The van der Waals surface area contributed by atoms with E-state index in [0.29, 0.717) is 22.7 Å². The van der Waals surface area contributed by atoms with Crippen molar-refractivity contribution in [3.05, 3.63) is 69.1 Å². The van der Waals surface area contributed by atoms with Crippen molar-refractivity contribution in [1.82, 2.24) is 0 Å². The molecule has 1 saturated heterocycles. The van der Waals surface area contributed by atoms with Crippen LogP contribution in [0.1, 0.15) is 22.8 Å². The highest BCUT2D eigenvalue weighted by atomic mass is 35.5. The van der Waals surface area contributed by atoms with Crippen LogP contribution >= 0.6 is 11.6 Å². The van der Waals surface area contributed by atoms with Gasteiger partial charge in [-0.2, -0.15) is 0 Å². The number of halogens is 1. The second-order valence-electron chi connectivity index (χ2n) is 6.53. The Labute approximate surface area is 160 Å². The fourth-order valence-corrected chi connectivity index (χ4v) is 3.36. The van der Waals surface area contributed by atoms with Crippen molar-refractivity contribution in [1.29, 1.82) is 0 Å². The summed E-state index contributed by atoms with van der Waals surface area (Å²) >= 11 is 6.29. The summed E-state index contributed by atoms with van der Waals surface area (Å²) in [7, 11) is 0. The van der Waals surface area contributed by atoms with Crippen molar-refractivity contribution in [3.63, 3.8) is 0 Å². The first-order chi connectivity index (χ1) is 12.9. The van der Waals surface area contributed by atoms with Crippen LogP contribution in [0.3, 0.4) is 0 Å². The first-order valence-corrected chi connectivity index (χ1v) is 8.83. The smallest absolute Gasteiger partial charge is 0.113 e. The van der Waals surface area contributed by atoms with Gasteiger partial charge in [0, 0.05) is 5.02 Å². The van der Waals surface area contributed by atoms with E-state index in [9.17, 15) is 25.3 Å². The predicted octanol–water partition coefficient (Wildman–Crippen LogP) is 1.84. The summed E-state index contributed by atoms with van der Waals surface area (Å²) in [6.45, 7) is -0.487. The Morgan fingerprint density at radius 1 is 1.00 bits per heavy atom. The topological polar surface area (TPSA) is 120 Å². The van der Waals surface area contributed by atoms with Gasteiger partial charge in [-0.15, -0.1) is 4.91 Å². The van der Waals surface area contributed by atoms with Gasteiger partial charge in [0.05, 0.1) is 6.61 Å². The second-order valence-corrected chi connectivity index (χ2v) is 6.94. The van der Waals surface area contributed by atoms with E-state index in [0.717, 1.165) is 11.1 Å². The van der Waals surface area contributed by atoms with Gasteiger partial charge in [-0.3, -0.25) is 0 Å². The quantitative estimate of drug-likeness (QED) is 0.575. The fraction of sp³-hybridized carbons (Fsp3) is 0.368. The maximum atomic E-state index is 10.5. The lowest BCUT2D eigenvalue weighted by Gasteiger charge is -2.40. The zero-order chi connectivity index (χ0) is 19.6. The highest BCUT2D eigenvalue weighted by Crippen LogP contribution is 2.34. The molecular formula is C19H20ClNO6. The third kappa shape index (κ3) is 4.19.